The van der Waals surface area contributed by atoms with Gasteiger partial charge in [-0.1, -0.05) is 48.0 Å². The fourth-order valence-corrected chi connectivity index (χ4v) is 2.69. The van der Waals surface area contributed by atoms with E-state index in [0.717, 1.165) is 10.8 Å². The summed E-state index contributed by atoms with van der Waals surface area (Å²) >= 11 is 5.98. The molecule has 3 aromatic rings. The van der Waals surface area contributed by atoms with Crippen molar-refractivity contribution in [3.63, 3.8) is 0 Å². The first-order valence-corrected chi connectivity index (χ1v) is 8.24. The predicted molar refractivity (Wildman–Crippen MR) is 101 cm³/mol. The first-order valence-electron chi connectivity index (χ1n) is 7.87. The molecule has 0 aliphatic heterocycles. The Kier molecular flexibility index (Phi) is 5.39. The van der Waals surface area contributed by atoms with Gasteiger partial charge in [-0.15, -0.1) is 0 Å². The normalized spacial score (nSPS) is 10.4. The fourth-order valence-electron chi connectivity index (χ4n) is 2.51. The van der Waals surface area contributed by atoms with Crippen LogP contribution in [0.4, 0.5) is 5.69 Å². The van der Waals surface area contributed by atoms with Gasteiger partial charge < -0.3 is 14.8 Å². The monoisotopic (exact) mass is 369 g/mol. The second-order valence-electron chi connectivity index (χ2n) is 5.50. The number of hydrogen-bond donors (Lipinski definition) is 1. The number of halogens is 1. The van der Waals surface area contributed by atoms with Gasteiger partial charge in [-0.25, -0.2) is 4.79 Å². The average Bonchev–Trinajstić information content (AvgIpc) is 2.66. The number of carbonyl (C=O) groups excluding carboxylic acids is 2. The van der Waals surface area contributed by atoms with E-state index < -0.39 is 18.5 Å². The lowest BCUT2D eigenvalue weighted by Crippen LogP contribution is -2.21. The molecule has 0 spiro atoms. The Labute approximate surface area is 155 Å². The summed E-state index contributed by atoms with van der Waals surface area (Å²) < 4.78 is 10.4. The van der Waals surface area contributed by atoms with E-state index in [1.807, 2.05) is 24.3 Å². The van der Waals surface area contributed by atoms with Crippen LogP contribution < -0.4 is 10.1 Å². The van der Waals surface area contributed by atoms with E-state index in [9.17, 15) is 9.59 Å². The van der Waals surface area contributed by atoms with Crippen LogP contribution in [0.5, 0.6) is 5.75 Å². The van der Waals surface area contributed by atoms with Crippen molar-refractivity contribution in [2.45, 2.75) is 0 Å². The van der Waals surface area contributed by atoms with Gasteiger partial charge in [0, 0.05) is 0 Å². The number of rotatable bonds is 5. The molecule has 0 saturated heterocycles. The number of amides is 1. The van der Waals surface area contributed by atoms with Crippen LogP contribution in [0.25, 0.3) is 10.8 Å². The predicted octanol–water partition coefficient (Wildman–Crippen LogP) is 4.30. The Morgan fingerprint density at radius 3 is 2.35 bits per heavy atom. The molecule has 5 nitrogen and oxygen atoms in total. The highest BCUT2D eigenvalue weighted by molar-refractivity contribution is 6.33. The summed E-state index contributed by atoms with van der Waals surface area (Å²) in [5.74, 6) is -0.728. The molecule has 1 N–H and O–H groups in total. The molecule has 26 heavy (non-hydrogen) atoms. The van der Waals surface area contributed by atoms with Gasteiger partial charge in [0.2, 0.25) is 0 Å². The van der Waals surface area contributed by atoms with E-state index in [2.05, 4.69) is 5.32 Å². The summed E-state index contributed by atoms with van der Waals surface area (Å²) in [7, 11) is 1.48. The summed E-state index contributed by atoms with van der Waals surface area (Å²) in [6.45, 7) is -0.431. The highest BCUT2D eigenvalue weighted by Gasteiger charge is 2.17. The van der Waals surface area contributed by atoms with Crippen molar-refractivity contribution in [2.75, 3.05) is 19.0 Å². The molecule has 3 rings (SSSR count). The summed E-state index contributed by atoms with van der Waals surface area (Å²) in [6, 6.07) is 17.8. The molecule has 0 radical (unpaired) electrons. The minimum atomic E-state index is -0.637. The van der Waals surface area contributed by atoms with E-state index >= 15 is 0 Å². The zero-order valence-corrected chi connectivity index (χ0v) is 14.7. The first kappa shape index (κ1) is 17.8. The maximum atomic E-state index is 12.4. The molecule has 132 valence electrons. The van der Waals surface area contributed by atoms with Crippen molar-refractivity contribution < 1.29 is 19.1 Å². The molecule has 0 saturated carbocycles. The lowest BCUT2D eigenvalue weighted by Gasteiger charge is -2.11. The number of hydrogen-bond acceptors (Lipinski definition) is 4. The molecule has 3 aromatic carbocycles. The van der Waals surface area contributed by atoms with Gasteiger partial charge in [0.25, 0.3) is 5.91 Å². The summed E-state index contributed by atoms with van der Waals surface area (Å²) in [6.07, 6.45) is 0. The second-order valence-corrected chi connectivity index (χ2v) is 5.91. The SMILES string of the molecule is COc1cc2ccccc2cc1C(=O)OCC(=O)Nc1ccccc1Cl. The average molecular weight is 370 g/mol. The third kappa shape index (κ3) is 3.95. The molecule has 0 unspecified atom stereocenters. The van der Waals surface area contributed by atoms with Crippen molar-refractivity contribution in [3.8, 4) is 5.75 Å². The van der Waals surface area contributed by atoms with Crippen molar-refractivity contribution in [1.82, 2.24) is 0 Å². The highest BCUT2D eigenvalue weighted by Crippen LogP contribution is 2.26. The first-order chi connectivity index (χ1) is 12.6. The van der Waals surface area contributed by atoms with Crippen LogP contribution in [0.3, 0.4) is 0 Å². The van der Waals surface area contributed by atoms with E-state index in [1.165, 1.54) is 7.11 Å². The van der Waals surface area contributed by atoms with Gasteiger partial charge in [-0.05, 0) is 35.0 Å². The van der Waals surface area contributed by atoms with E-state index in [0.29, 0.717) is 16.5 Å². The number of ether oxygens (including phenoxy) is 2. The topological polar surface area (TPSA) is 64.6 Å². The largest absolute Gasteiger partial charge is 0.496 e. The molecule has 1 amide bonds. The van der Waals surface area contributed by atoms with Crippen molar-refractivity contribution in [1.29, 1.82) is 0 Å². The van der Waals surface area contributed by atoms with Crippen LogP contribution >= 0.6 is 11.6 Å². The zero-order valence-electron chi connectivity index (χ0n) is 14.0. The van der Waals surface area contributed by atoms with Gasteiger partial charge >= 0.3 is 5.97 Å². The van der Waals surface area contributed by atoms with Gasteiger partial charge in [0.1, 0.15) is 11.3 Å². The lowest BCUT2D eigenvalue weighted by atomic mass is 10.1. The minimum Gasteiger partial charge on any atom is -0.496 e. The van der Waals surface area contributed by atoms with Crippen LogP contribution in [0, 0.1) is 0 Å². The van der Waals surface area contributed by atoms with Crippen LogP contribution in [0.1, 0.15) is 10.4 Å². The van der Waals surface area contributed by atoms with Gasteiger partial charge in [0.15, 0.2) is 6.61 Å². The Bertz CT molecular complexity index is 971. The molecule has 0 bridgehead atoms. The van der Waals surface area contributed by atoms with E-state index in [-0.39, 0.29) is 5.56 Å². The zero-order chi connectivity index (χ0) is 18.5. The molecule has 0 aliphatic rings. The maximum absolute atomic E-state index is 12.4. The Hall–Kier alpha value is -3.05. The maximum Gasteiger partial charge on any atom is 0.342 e. The van der Waals surface area contributed by atoms with Crippen molar-refractivity contribution >= 4 is 39.9 Å². The molecule has 0 aromatic heterocycles. The summed E-state index contributed by atoms with van der Waals surface area (Å²) in [4.78, 5) is 24.4. The summed E-state index contributed by atoms with van der Waals surface area (Å²) in [5, 5.41) is 4.82. The fraction of sp³-hybridized carbons (Fsp3) is 0.100. The number of anilines is 1. The summed E-state index contributed by atoms with van der Waals surface area (Å²) in [5.41, 5.74) is 0.718. The highest BCUT2D eigenvalue weighted by atomic mass is 35.5. The van der Waals surface area contributed by atoms with Crippen LogP contribution in [-0.2, 0) is 9.53 Å². The van der Waals surface area contributed by atoms with Crippen molar-refractivity contribution in [2.24, 2.45) is 0 Å². The number of methoxy groups -OCH3 is 1. The lowest BCUT2D eigenvalue weighted by molar-refractivity contribution is -0.119. The molecule has 0 atom stereocenters. The van der Waals surface area contributed by atoms with Crippen LogP contribution in [0.15, 0.2) is 60.7 Å². The third-order valence-electron chi connectivity index (χ3n) is 3.77. The van der Waals surface area contributed by atoms with Gasteiger partial charge in [-0.2, -0.15) is 0 Å². The third-order valence-corrected chi connectivity index (χ3v) is 4.10. The number of para-hydroxylation sites is 1. The quantitative estimate of drug-likeness (QED) is 0.681. The van der Waals surface area contributed by atoms with E-state index in [1.54, 1.807) is 36.4 Å². The molecular weight excluding hydrogens is 354 g/mol. The standard InChI is InChI=1S/C20H16ClNO4/c1-25-18-11-14-7-3-2-6-13(14)10-15(18)20(24)26-12-19(23)22-17-9-5-4-8-16(17)21/h2-11H,12H2,1H3,(H,22,23). The molecular formula is C20H16ClNO4. The van der Waals surface area contributed by atoms with Crippen LogP contribution in [-0.4, -0.2) is 25.6 Å². The Morgan fingerprint density at radius 2 is 1.65 bits per heavy atom. The Balaban J connectivity index is 1.71. The number of esters is 1. The molecule has 0 fully saturated rings. The van der Waals surface area contributed by atoms with Gasteiger partial charge in [0.05, 0.1) is 17.8 Å². The number of nitrogens with one attached hydrogen (secondary N) is 1. The smallest absolute Gasteiger partial charge is 0.342 e. The Morgan fingerprint density at radius 1 is 1.00 bits per heavy atom. The number of fused-ring (bicyclic) bond motifs is 1. The number of benzene rings is 3. The molecule has 6 heteroatoms. The molecule has 0 aliphatic carbocycles. The van der Waals surface area contributed by atoms with Gasteiger partial charge in [-0.3, -0.25) is 4.79 Å². The van der Waals surface area contributed by atoms with Crippen LogP contribution in [0.2, 0.25) is 5.02 Å². The minimum absolute atomic E-state index is 0.261. The van der Waals surface area contributed by atoms with Crippen molar-refractivity contribution in [3.05, 3.63) is 71.2 Å². The number of carbonyl (C=O) groups is 2. The second kappa shape index (κ2) is 7.89. The van der Waals surface area contributed by atoms with E-state index in [4.69, 9.17) is 21.1 Å². The molecule has 0 heterocycles.